The molecular formula is C12H13NO2. The van der Waals surface area contributed by atoms with Crippen LogP contribution in [0.4, 0.5) is 0 Å². The molecule has 1 aliphatic rings. The van der Waals surface area contributed by atoms with Crippen LogP contribution in [0.5, 0.6) is 0 Å². The number of piperidine rings is 1. The minimum atomic E-state index is -0.169. The second-order valence-corrected chi connectivity index (χ2v) is 3.95. The maximum atomic E-state index is 11.3. The minimum absolute atomic E-state index is 0.0188. The van der Waals surface area contributed by atoms with Crippen LogP contribution in [0.25, 0.3) is 0 Å². The van der Waals surface area contributed by atoms with E-state index in [1.54, 1.807) is 0 Å². The van der Waals surface area contributed by atoms with Crippen molar-refractivity contribution >= 4 is 11.7 Å². The van der Waals surface area contributed by atoms with E-state index in [9.17, 15) is 9.59 Å². The summed E-state index contributed by atoms with van der Waals surface area (Å²) < 4.78 is 0. The number of aryl methyl sites for hydroxylation is 1. The van der Waals surface area contributed by atoms with E-state index in [4.69, 9.17) is 0 Å². The molecule has 1 amide bonds. The van der Waals surface area contributed by atoms with Crippen molar-refractivity contribution in [3.63, 3.8) is 0 Å². The van der Waals surface area contributed by atoms with E-state index in [0.29, 0.717) is 6.42 Å². The van der Waals surface area contributed by atoms with Crippen molar-refractivity contribution in [3.8, 4) is 0 Å². The number of carbonyl (C=O) groups excluding carboxylic acids is 2. The quantitative estimate of drug-likeness (QED) is 0.703. The maximum absolute atomic E-state index is 11.3. The molecule has 1 aromatic rings. The molecule has 0 aliphatic carbocycles. The van der Waals surface area contributed by atoms with Gasteiger partial charge in [-0.3, -0.25) is 9.59 Å². The van der Waals surface area contributed by atoms with Crippen molar-refractivity contribution < 1.29 is 9.59 Å². The minimum Gasteiger partial charge on any atom is -0.348 e. The van der Waals surface area contributed by atoms with Gasteiger partial charge in [0.2, 0.25) is 5.91 Å². The lowest BCUT2D eigenvalue weighted by atomic mass is 9.95. The highest BCUT2D eigenvalue weighted by Crippen LogP contribution is 2.21. The van der Waals surface area contributed by atoms with Crippen LogP contribution in [0, 0.1) is 6.92 Å². The number of ketones is 1. The van der Waals surface area contributed by atoms with Gasteiger partial charge in [-0.15, -0.1) is 0 Å². The summed E-state index contributed by atoms with van der Waals surface area (Å²) in [7, 11) is 0. The molecule has 1 unspecified atom stereocenters. The molecule has 1 aromatic carbocycles. The van der Waals surface area contributed by atoms with E-state index in [1.165, 1.54) is 0 Å². The average Bonchev–Trinajstić information content (AvgIpc) is 2.16. The predicted molar refractivity (Wildman–Crippen MR) is 56.3 cm³/mol. The molecule has 0 saturated carbocycles. The third-order valence-electron chi connectivity index (χ3n) is 2.57. The number of nitrogens with one attached hydrogen (secondary N) is 1. The van der Waals surface area contributed by atoms with Crippen molar-refractivity contribution in [2.24, 2.45) is 0 Å². The third kappa shape index (κ3) is 2.24. The molecule has 0 aromatic heterocycles. The smallest absolute Gasteiger partial charge is 0.227 e. The van der Waals surface area contributed by atoms with Gasteiger partial charge in [-0.1, -0.05) is 29.8 Å². The Balaban J connectivity index is 2.23. The van der Waals surface area contributed by atoms with Crippen LogP contribution in [0.3, 0.4) is 0 Å². The van der Waals surface area contributed by atoms with Crippen LogP contribution in [0.1, 0.15) is 30.0 Å². The zero-order valence-electron chi connectivity index (χ0n) is 8.62. The predicted octanol–water partition coefficient (Wildman–Crippen LogP) is 1.52. The van der Waals surface area contributed by atoms with Crippen LogP contribution in [0.2, 0.25) is 0 Å². The average molecular weight is 203 g/mol. The summed E-state index contributed by atoms with van der Waals surface area (Å²) in [5, 5.41) is 2.83. The summed E-state index contributed by atoms with van der Waals surface area (Å²) in [6, 6.07) is 7.74. The number of benzene rings is 1. The number of carbonyl (C=O) groups is 2. The molecule has 3 heteroatoms. The standard InChI is InChI=1S/C12H13NO2/c1-8-3-2-4-9(5-8)11-6-10(14)7-12(15)13-11/h2-5,11H,6-7H2,1H3,(H,13,15). The fourth-order valence-electron chi connectivity index (χ4n) is 1.86. The van der Waals surface area contributed by atoms with Gasteiger partial charge in [0, 0.05) is 6.42 Å². The van der Waals surface area contributed by atoms with E-state index in [0.717, 1.165) is 11.1 Å². The fraction of sp³-hybridized carbons (Fsp3) is 0.333. The molecule has 0 bridgehead atoms. The molecule has 15 heavy (non-hydrogen) atoms. The topological polar surface area (TPSA) is 46.2 Å². The number of hydrogen-bond acceptors (Lipinski definition) is 2. The highest BCUT2D eigenvalue weighted by molar-refractivity contribution is 6.00. The van der Waals surface area contributed by atoms with Crippen LogP contribution in [-0.4, -0.2) is 11.7 Å². The normalized spacial score (nSPS) is 21.3. The summed E-state index contributed by atoms with van der Waals surface area (Å²) in [5.74, 6) is -0.150. The lowest BCUT2D eigenvalue weighted by Gasteiger charge is -2.23. The Kier molecular flexibility index (Phi) is 2.54. The Labute approximate surface area is 88.5 Å². The fourth-order valence-corrected chi connectivity index (χ4v) is 1.86. The third-order valence-corrected chi connectivity index (χ3v) is 2.57. The van der Waals surface area contributed by atoms with E-state index >= 15 is 0 Å². The number of hydrogen-bond donors (Lipinski definition) is 1. The van der Waals surface area contributed by atoms with Gasteiger partial charge in [0.25, 0.3) is 0 Å². The summed E-state index contributed by atoms with van der Waals surface area (Å²) in [6.07, 6.45) is 0.442. The van der Waals surface area contributed by atoms with Crippen molar-refractivity contribution in [1.82, 2.24) is 5.32 Å². The SMILES string of the molecule is Cc1cccc(C2CC(=O)CC(=O)N2)c1. The molecule has 2 rings (SSSR count). The summed E-state index contributed by atoms with van der Waals surface area (Å²) >= 11 is 0. The van der Waals surface area contributed by atoms with Gasteiger partial charge in [0.05, 0.1) is 12.5 Å². The van der Waals surface area contributed by atoms with Crippen LogP contribution in [-0.2, 0) is 9.59 Å². The largest absolute Gasteiger partial charge is 0.348 e. The Bertz CT molecular complexity index is 396. The first-order valence-corrected chi connectivity index (χ1v) is 5.03. The highest BCUT2D eigenvalue weighted by atomic mass is 16.2. The summed E-state index contributed by atoms with van der Waals surface area (Å²) in [4.78, 5) is 22.5. The van der Waals surface area contributed by atoms with Gasteiger partial charge in [-0.05, 0) is 12.5 Å². The number of rotatable bonds is 1. The van der Waals surface area contributed by atoms with Crippen molar-refractivity contribution in [2.75, 3.05) is 0 Å². The van der Waals surface area contributed by atoms with Crippen molar-refractivity contribution in [1.29, 1.82) is 0 Å². The van der Waals surface area contributed by atoms with E-state index in [2.05, 4.69) is 5.32 Å². The van der Waals surface area contributed by atoms with Crippen molar-refractivity contribution in [3.05, 3.63) is 35.4 Å². The second-order valence-electron chi connectivity index (χ2n) is 3.95. The molecule has 3 nitrogen and oxygen atoms in total. The molecule has 1 heterocycles. The Hall–Kier alpha value is -1.64. The lowest BCUT2D eigenvalue weighted by molar-refractivity contribution is -0.132. The lowest BCUT2D eigenvalue weighted by Crippen LogP contribution is -2.36. The molecule has 1 aliphatic heterocycles. The van der Waals surface area contributed by atoms with E-state index in [1.807, 2.05) is 31.2 Å². The number of Topliss-reactive ketones (excluding diaryl/α,β-unsaturated/α-hetero) is 1. The monoisotopic (exact) mass is 203 g/mol. The number of amides is 1. The Morgan fingerprint density at radius 3 is 2.80 bits per heavy atom. The molecule has 1 N–H and O–H groups in total. The molecular weight excluding hydrogens is 190 g/mol. The molecule has 1 fully saturated rings. The molecule has 1 atom stereocenters. The summed E-state index contributed by atoms with van der Waals surface area (Å²) in [6.45, 7) is 2.00. The molecule has 0 spiro atoms. The molecule has 1 saturated heterocycles. The Morgan fingerprint density at radius 2 is 2.13 bits per heavy atom. The first-order chi connectivity index (χ1) is 7.15. The zero-order chi connectivity index (χ0) is 10.8. The zero-order valence-corrected chi connectivity index (χ0v) is 8.62. The first-order valence-electron chi connectivity index (χ1n) is 5.03. The van der Waals surface area contributed by atoms with Crippen molar-refractivity contribution in [2.45, 2.75) is 25.8 Å². The van der Waals surface area contributed by atoms with E-state index < -0.39 is 0 Å². The van der Waals surface area contributed by atoms with Gasteiger partial charge in [-0.2, -0.15) is 0 Å². The van der Waals surface area contributed by atoms with Gasteiger partial charge in [-0.25, -0.2) is 0 Å². The van der Waals surface area contributed by atoms with Gasteiger partial charge in [0.1, 0.15) is 5.78 Å². The summed E-state index contributed by atoms with van der Waals surface area (Å²) in [5.41, 5.74) is 2.15. The highest BCUT2D eigenvalue weighted by Gasteiger charge is 2.25. The van der Waals surface area contributed by atoms with Crippen LogP contribution < -0.4 is 5.32 Å². The van der Waals surface area contributed by atoms with E-state index in [-0.39, 0.29) is 24.2 Å². The van der Waals surface area contributed by atoms with Gasteiger partial charge in [0.15, 0.2) is 0 Å². The Morgan fingerprint density at radius 1 is 1.33 bits per heavy atom. The van der Waals surface area contributed by atoms with Gasteiger partial charge >= 0.3 is 0 Å². The van der Waals surface area contributed by atoms with Crippen LogP contribution >= 0.6 is 0 Å². The maximum Gasteiger partial charge on any atom is 0.227 e. The van der Waals surface area contributed by atoms with Crippen LogP contribution in [0.15, 0.2) is 24.3 Å². The molecule has 0 radical (unpaired) electrons. The first kappa shape index (κ1) is 9.90. The molecule has 78 valence electrons. The second kappa shape index (κ2) is 3.85. The van der Waals surface area contributed by atoms with Gasteiger partial charge < -0.3 is 5.32 Å².